The lowest BCUT2D eigenvalue weighted by Gasteiger charge is -2.32. The van der Waals surface area contributed by atoms with Crippen LogP contribution in [0.15, 0.2) is 18.2 Å². The standard InChI is InChI=1S/C11H12Cl2N2O2/c12-7-1-2-9(13)10(3-7)15-5-8(4-14)17-6-11(15)16/h1-3,8H,4-6,14H2. The lowest BCUT2D eigenvalue weighted by atomic mass is 10.2. The van der Waals surface area contributed by atoms with Crippen LogP contribution in [0.4, 0.5) is 5.69 Å². The highest BCUT2D eigenvalue weighted by Crippen LogP contribution is 2.30. The minimum absolute atomic E-state index is 0.0186. The molecule has 1 amide bonds. The highest BCUT2D eigenvalue weighted by molar-refractivity contribution is 6.35. The number of rotatable bonds is 2. The van der Waals surface area contributed by atoms with Gasteiger partial charge in [-0.1, -0.05) is 23.2 Å². The van der Waals surface area contributed by atoms with Crippen molar-refractivity contribution in [1.82, 2.24) is 0 Å². The predicted octanol–water partition coefficient (Wildman–Crippen LogP) is 1.68. The van der Waals surface area contributed by atoms with E-state index in [4.69, 9.17) is 33.7 Å². The van der Waals surface area contributed by atoms with Gasteiger partial charge in [0.05, 0.1) is 23.4 Å². The molecule has 1 aliphatic rings. The first-order valence-electron chi connectivity index (χ1n) is 5.19. The van der Waals surface area contributed by atoms with Crippen LogP contribution in [0.5, 0.6) is 0 Å². The van der Waals surface area contributed by atoms with Crippen LogP contribution in [-0.2, 0) is 9.53 Å². The largest absolute Gasteiger partial charge is 0.365 e. The molecular weight excluding hydrogens is 263 g/mol. The number of carbonyl (C=O) groups is 1. The average Bonchev–Trinajstić information content (AvgIpc) is 2.33. The van der Waals surface area contributed by atoms with Crippen LogP contribution in [-0.4, -0.2) is 31.7 Å². The smallest absolute Gasteiger partial charge is 0.253 e. The van der Waals surface area contributed by atoms with Gasteiger partial charge in [-0.15, -0.1) is 0 Å². The molecule has 1 aromatic carbocycles. The lowest BCUT2D eigenvalue weighted by molar-refractivity contribution is -0.128. The number of nitrogens with two attached hydrogens (primary N) is 1. The number of anilines is 1. The zero-order valence-corrected chi connectivity index (χ0v) is 10.5. The molecule has 0 saturated carbocycles. The van der Waals surface area contributed by atoms with E-state index in [1.54, 1.807) is 23.1 Å². The maximum absolute atomic E-state index is 11.8. The van der Waals surface area contributed by atoms with E-state index in [1.165, 1.54) is 0 Å². The van der Waals surface area contributed by atoms with Crippen LogP contribution in [0.2, 0.25) is 10.0 Å². The highest BCUT2D eigenvalue weighted by atomic mass is 35.5. The molecule has 1 atom stereocenters. The molecule has 1 unspecified atom stereocenters. The Balaban J connectivity index is 2.30. The van der Waals surface area contributed by atoms with Crippen molar-refractivity contribution in [3.63, 3.8) is 0 Å². The third kappa shape index (κ3) is 2.72. The zero-order valence-electron chi connectivity index (χ0n) is 9.03. The quantitative estimate of drug-likeness (QED) is 0.893. The van der Waals surface area contributed by atoms with Gasteiger partial charge in [0.15, 0.2) is 0 Å². The van der Waals surface area contributed by atoms with Gasteiger partial charge in [-0.3, -0.25) is 4.79 Å². The topological polar surface area (TPSA) is 55.6 Å². The first-order valence-corrected chi connectivity index (χ1v) is 5.94. The van der Waals surface area contributed by atoms with Gasteiger partial charge in [0.1, 0.15) is 6.61 Å². The summed E-state index contributed by atoms with van der Waals surface area (Å²) in [4.78, 5) is 13.3. The number of ether oxygens (including phenoxy) is 1. The van der Waals surface area contributed by atoms with E-state index in [2.05, 4.69) is 0 Å². The van der Waals surface area contributed by atoms with Gasteiger partial charge in [-0.2, -0.15) is 0 Å². The first kappa shape index (κ1) is 12.6. The number of amides is 1. The van der Waals surface area contributed by atoms with Gasteiger partial charge in [-0.05, 0) is 18.2 Å². The average molecular weight is 275 g/mol. The fourth-order valence-electron chi connectivity index (χ4n) is 1.69. The second-order valence-electron chi connectivity index (χ2n) is 3.77. The molecule has 4 nitrogen and oxygen atoms in total. The zero-order chi connectivity index (χ0) is 12.4. The highest BCUT2D eigenvalue weighted by Gasteiger charge is 2.27. The Bertz CT molecular complexity index is 439. The Hall–Kier alpha value is -0.810. The molecule has 6 heteroatoms. The maximum atomic E-state index is 11.8. The van der Waals surface area contributed by atoms with Crippen LogP contribution in [0.1, 0.15) is 0 Å². The first-order chi connectivity index (χ1) is 8.11. The monoisotopic (exact) mass is 274 g/mol. The van der Waals surface area contributed by atoms with Crippen LogP contribution in [0.25, 0.3) is 0 Å². The molecule has 92 valence electrons. The fraction of sp³-hybridized carbons (Fsp3) is 0.364. The van der Waals surface area contributed by atoms with E-state index < -0.39 is 0 Å². The normalized spacial score (nSPS) is 20.8. The summed E-state index contributed by atoms with van der Waals surface area (Å²) >= 11 is 12.0. The summed E-state index contributed by atoms with van der Waals surface area (Å²) in [6, 6.07) is 5.01. The Morgan fingerprint density at radius 1 is 1.47 bits per heavy atom. The Morgan fingerprint density at radius 2 is 2.24 bits per heavy atom. The van der Waals surface area contributed by atoms with Gasteiger partial charge in [0, 0.05) is 11.6 Å². The number of hydrogen-bond acceptors (Lipinski definition) is 3. The van der Waals surface area contributed by atoms with Crippen molar-refractivity contribution >= 4 is 34.8 Å². The summed E-state index contributed by atoms with van der Waals surface area (Å²) in [5.41, 5.74) is 6.14. The molecule has 0 radical (unpaired) electrons. The van der Waals surface area contributed by atoms with Gasteiger partial charge >= 0.3 is 0 Å². The number of nitrogens with zero attached hydrogens (tertiary/aromatic N) is 1. The molecule has 1 heterocycles. The van der Waals surface area contributed by atoms with Crippen LogP contribution in [0.3, 0.4) is 0 Å². The molecule has 1 saturated heterocycles. The summed E-state index contributed by atoms with van der Waals surface area (Å²) in [7, 11) is 0. The van der Waals surface area contributed by atoms with E-state index in [0.29, 0.717) is 28.8 Å². The van der Waals surface area contributed by atoms with Crippen molar-refractivity contribution in [1.29, 1.82) is 0 Å². The van der Waals surface area contributed by atoms with Crippen LogP contribution < -0.4 is 10.6 Å². The number of hydrogen-bond donors (Lipinski definition) is 1. The van der Waals surface area contributed by atoms with Crippen molar-refractivity contribution in [3.05, 3.63) is 28.2 Å². The fourth-order valence-corrected chi connectivity index (χ4v) is 2.08. The predicted molar refractivity (Wildman–Crippen MR) is 67.6 cm³/mol. The molecule has 1 fully saturated rings. The van der Waals surface area contributed by atoms with Crippen LogP contribution >= 0.6 is 23.2 Å². The molecule has 2 rings (SSSR count). The Labute approximate surface area is 109 Å². The molecule has 1 aliphatic heterocycles. The number of halogens is 2. The van der Waals surface area contributed by atoms with Crippen molar-refractivity contribution < 1.29 is 9.53 Å². The molecular formula is C11H12Cl2N2O2. The Kier molecular flexibility index (Phi) is 3.89. The SMILES string of the molecule is NCC1CN(c2cc(Cl)ccc2Cl)C(=O)CO1. The van der Waals surface area contributed by atoms with Gasteiger partial charge in [0.2, 0.25) is 0 Å². The van der Waals surface area contributed by atoms with E-state index in [-0.39, 0.29) is 18.6 Å². The van der Waals surface area contributed by atoms with Crippen molar-refractivity contribution in [2.45, 2.75) is 6.10 Å². The lowest BCUT2D eigenvalue weighted by Crippen LogP contribution is -2.49. The van der Waals surface area contributed by atoms with Gasteiger partial charge < -0.3 is 15.4 Å². The number of carbonyl (C=O) groups excluding carboxylic acids is 1. The van der Waals surface area contributed by atoms with Crippen molar-refractivity contribution in [2.75, 3.05) is 24.6 Å². The molecule has 0 spiro atoms. The summed E-state index contributed by atoms with van der Waals surface area (Å²) in [5.74, 6) is -0.140. The summed E-state index contributed by atoms with van der Waals surface area (Å²) in [6.45, 7) is 0.780. The summed E-state index contributed by atoms with van der Waals surface area (Å²) in [5, 5.41) is 1.02. The van der Waals surface area contributed by atoms with Crippen molar-refractivity contribution in [3.8, 4) is 0 Å². The number of morpholine rings is 1. The van der Waals surface area contributed by atoms with E-state index in [1.807, 2.05) is 0 Å². The second kappa shape index (κ2) is 5.23. The van der Waals surface area contributed by atoms with E-state index >= 15 is 0 Å². The minimum Gasteiger partial charge on any atom is -0.365 e. The third-order valence-corrected chi connectivity index (χ3v) is 3.15. The van der Waals surface area contributed by atoms with Crippen LogP contribution in [0, 0.1) is 0 Å². The summed E-state index contributed by atoms with van der Waals surface area (Å²) < 4.78 is 5.27. The van der Waals surface area contributed by atoms with Crippen molar-refractivity contribution in [2.24, 2.45) is 5.73 Å². The second-order valence-corrected chi connectivity index (χ2v) is 4.61. The third-order valence-electron chi connectivity index (χ3n) is 2.59. The molecule has 1 aromatic rings. The Morgan fingerprint density at radius 3 is 2.94 bits per heavy atom. The summed E-state index contributed by atoms with van der Waals surface area (Å²) in [6.07, 6.45) is -0.164. The molecule has 0 aromatic heterocycles. The van der Waals surface area contributed by atoms with Gasteiger partial charge in [0.25, 0.3) is 5.91 Å². The molecule has 0 aliphatic carbocycles. The maximum Gasteiger partial charge on any atom is 0.253 e. The van der Waals surface area contributed by atoms with E-state index in [9.17, 15) is 4.79 Å². The van der Waals surface area contributed by atoms with Gasteiger partial charge in [-0.25, -0.2) is 0 Å². The molecule has 2 N–H and O–H groups in total. The van der Waals surface area contributed by atoms with E-state index in [0.717, 1.165) is 0 Å². The molecule has 17 heavy (non-hydrogen) atoms. The number of benzene rings is 1. The minimum atomic E-state index is -0.164. The molecule has 0 bridgehead atoms.